The molecule has 4 fully saturated rings. The van der Waals surface area contributed by atoms with Crippen LogP contribution in [0.3, 0.4) is 0 Å². The van der Waals surface area contributed by atoms with Gasteiger partial charge in [0.25, 0.3) is 0 Å². The van der Waals surface area contributed by atoms with Crippen LogP contribution in [0.15, 0.2) is 48.5 Å². The number of carbonyl (C=O) groups is 2. The molecule has 0 saturated carbocycles. The van der Waals surface area contributed by atoms with E-state index in [1.807, 2.05) is 12.1 Å². The van der Waals surface area contributed by atoms with Gasteiger partial charge < -0.3 is 14.4 Å². The largest absolute Gasteiger partial charge is 0.471 e. The summed E-state index contributed by atoms with van der Waals surface area (Å²) in [6.07, 6.45) is 2.01. The minimum Gasteiger partial charge on any atom is -0.341 e. The third-order valence-corrected chi connectivity index (χ3v) is 11.4. The molecule has 3 aromatic rings. The Hall–Kier alpha value is -3.47. The predicted octanol–water partition coefficient (Wildman–Crippen LogP) is 6.16. The Kier molecular flexibility index (Phi) is 8.10. The van der Waals surface area contributed by atoms with Crippen molar-refractivity contribution in [1.29, 1.82) is 0 Å². The van der Waals surface area contributed by atoms with E-state index in [9.17, 15) is 27.2 Å². The number of amides is 2. The minimum absolute atomic E-state index is 0.0640. The van der Waals surface area contributed by atoms with Gasteiger partial charge in [-0.3, -0.25) is 14.5 Å². The van der Waals surface area contributed by atoms with Crippen molar-refractivity contribution in [2.24, 2.45) is 0 Å². The number of halogens is 4. The highest BCUT2D eigenvalue weighted by Crippen LogP contribution is 2.45. The molecule has 4 aliphatic rings. The van der Waals surface area contributed by atoms with Crippen molar-refractivity contribution in [2.45, 2.75) is 100 Å². The summed E-state index contributed by atoms with van der Waals surface area (Å²) in [6, 6.07) is 15.3. The maximum Gasteiger partial charge on any atom is 0.471 e. The molecule has 4 saturated heterocycles. The number of rotatable bonds is 6. The summed E-state index contributed by atoms with van der Waals surface area (Å²) in [5.41, 5.74) is 2.78. The maximum absolute atomic E-state index is 14.6. The molecule has 7 rings (SSSR count). The quantitative estimate of drug-likeness (QED) is 0.304. The second-order valence-corrected chi connectivity index (χ2v) is 13.8. The van der Waals surface area contributed by atoms with E-state index in [1.165, 1.54) is 11.6 Å². The number of imidazole rings is 1. The molecule has 46 heavy (non-hydrogen) atoms. The molecule has 1 aromatic heterocycles. The third-order valence-electron chi connectivity index (χ3n) is 11.4. The standard InChI is InChI=1S/C35H41F4N5O2/c1-23-40-29-8-2-3-9-30(29)44(23)28-21-26-11-12-27(22-28)42(26)19-15-34(24-6-4-7-25(36)20-24)13-17-41(18-14-34)32(45)31-10-5-16-43(31)33(46)35(37,38)39/h2-4,6-9,20,26-28,31H,5,10-19,21-22H2,1H3/t26-,27+,28+,31-/m0/s1. The van der Waals surface area contributed by atoms with Crippen LogP contribution in [0.1, 0.15) is 75.2 Å². The number of alkyl halides is 3. The van der Waals surface area contributed by atoms with Crippen molar-refractivity contribution >= 4 is 22.8 Å². The van der Waals surface area contributed by atoms with Crippen LogP contribution in [0, 0.1) is 12.7 Å². The number of piperidine rings is 2. The van der Waals surface area contributed by atoms with Gasteiger partial charge in [0.15, 0.2) is 0 Å². The van der Waals surface area contributed by atoms with Crippen molar-refractivity contribution < 1.29 is 27.2 Å². The first-order chi connectivity index (χ1) is 22.0. The molecule has 4 aliphatic heterocycles. The highest BCUT2D eigenvalue weighted by molar-refractivity contribution is 5.90. The number of aromatic nitrogens is 2. The minimum atomic E-state index is -5.00. The van der Waals surface area contributed by atoms with Crippen molar-refractivity contribution in [3.8, 4) is 0 Å². The summed E-state index contributed by atoms with van der Waals surface area (Å²) >= 11 is 0. The highest BCUT2D eigenvalue weighted by Gasteiger charge is 2.49. The van der Waals surface area contributed by atoms with Crippen LogP contribution in [-0.4, -0.2) is 86.5 Å². The van der Waals surface area contributed by atoms with Gasteiger partial charge in [-0.1, -0.05) is 24.3 Å². The van der Waals surface area contributed by atoms with Gasteiger partial charge in [0, 0.05) is 37.8 Å². The van der Waals surface area contributed by atoms with Crippen molar-refractivity contribution in [3.05, 3.63) is 65.7 Å². The Morgan fingerprint density at radius 1 is 0.935 bits per heavy atom. The molecule has 7 nitrogen and oxygen atoms in total. The summed E-state index contributed by atoms with van der Waals surface area (Å²) in [7, 11) is 0. The van der Waals surface area contributed by atoms with Gasteiger partial charge in [-0.05, 0) is 106 Å². The van der Waals surface area contributed by atoms with E-state index in [-0.39, 0.29) is 24.2 Å². The van der Waals surface area contributed by atoms with Crippen molar-refractivity contribution in [1.82, 2.24) is 24.3 Å². The van der Waals surface area contributed by atoms with E-state index in [0.29, 0.717) is 55.4 Å². The topological polar surface area (TPSA) is 61.7 Å². The number of fused-ring (bicyclic) bond motifs is 3. The Labute approximate surface area is 266 Å². The molecule has 0 N–H and O–H groups in total. The van der Waals surface area contributed by atoms with E-state index in [4.69, 9.17) is 4.98 Å². The number of likely N-dealkylation sites (tertiary alicyclic amines) is 2. The summed E-state index contributed by atoms with van der Waals surface area (Å²) in [4.78, 5) is 35.3. The summed E-state index contributed by atoms with van der Waals surface area (Å²) in [5.74, 6) is -1.60. The molecule has 4 atom stereocenters. The number of carbonyl (C=O) groups excluding carboxylic acids is 2. The van der Waals surface area contributed by atoms with E-state index in [1.54, 1.807) is 17.0 Å². The SMILES string of the molecule is Cc1nc2ccccc2n1[C@H]1C[C@H]2CC[C@@H](C1)N2CCC1(c2cccc(F)c2)CCN(C(=O)[C@@H]2CCCN2C(=O)C(F)(F)F)CC1. The second-order valence-electron chi connectivity index (χ2n) is 13.8. The third kappa shape index (κ3) is 5.58. The van der Waals surface area contributed by atoms with Gasteiger partial charge in [-0.2, -0.15) is 13.2 Å². The first-order valence-electron chi connectivity index (χ1n) is 16.7. The first kappa shape index (κ1) is 31.1. The lowest BCUT2D eigenvalue weighted by molar-refractivity contribution is -0.187. The van der Waals surface area contributed by atoms with Crippen LogP contribution in [0.4, 0.5) is 17.6 Å². The predicted molar refractivity (Wildman–Crippen MR) is 166 cm³/mol. The van der Waals surface area contributed by atoms with Gasteiger partial charge >= 0.3 is 12.1 Å². The number of para-hydroxylation sites is 2. The lowest BCUT2D eigenvalue weighted by Crippen LogP contribution is -2.54. The molecule has 0 radical (unpaired) electrons. The fourth-order valence-corrected chi connectivity index (χ4v) is 9.09. The van der Waals surface area contributed by atoms with Gasteiger partial charge in [0.1, 0.15) is 17.7 Å². The normalized spacial score (nSPS) is 26.6. The molecule has 5 heterocycles. The molecular weight excluding hydrogens is 598 g/mol. The molecule has 2 amide bonds. The van der Waals surface area contributed by atoms with Crippen LogP contribution in [0.25, 0.3) is 11.0 Å². The smallest absolute Gasteiger partial charge is 0.341 e. The van der Waals surface area contributed by atoms with Crippen LogP contribution >= 0.6 is 0 Å². The average Bonchev–Trinajstić information content (AvgIpc) is 3.72. The lowest BCUT2D eigenvalue weighted by Gasteiger charge is -2.46. The molecule has 0 unspecified atom stereocenters. The molecule has 0 spiro atoms. The van der Waals surface area contributed by atoms with Crippen LogP contribution in [0.5, 0.6) is 0 Å². The van der Waals surface area contributed by atoms with Gasteiger partial charge in [0.2, 0.25) is 5.91 Å². The summed E-state index contributed by atoms with van der Waals surface area (Å²) in [6.45, 7) is 3.62. The van der Waals surface area contributed by atoms with Gasteiger partial charge in [-0.15, -0.1) is 0 Å². The number of nitrogens with zero attached hydrogens (tertiary/aromatic N) is 5. The first-order valence-corrected chi connectivity index (χ1v) is 16.7. The fraction of sp³-hybridized carbons (Fsp3) is 0.571. The zero-order valence-electron chi connectivity index (χ0n) is 26.2. The lowest BCUT2D eigenvalue weighted by atomic mass is 9.70. The molecule has 0 aliphatic carbocycles. The van der Waals surface area contributed by atoms with E-state index in [2.05, 4.69) is 34.6 Å². The maximum atomic E-state index is 14.6. The Balaban J connectivity index is 1.05. The molecule has 2 aromatic carbocycles. The Morgan fingerprint density at radius 2 is 1.65 bits per heavy atom. The molecule has 2 bridgehead atoms. The molecular formula is C35H41F4N5O2. The zero-order valence-corrected chi connectivity index (χ0v) is 26.2. The second kappa shape index (κ2) is 12.0. The van der Waals surface area contributed by atoms with Crippen LogP contribution in [0.2, 0.25) is 0 Å². The van der Waals surface area contributed by atoms with Crippen molar-refractivity contribution in [3.63, 3.8) is 0 Å². The van der Waals surface area contributed by atoms with Gasteiger partial charge in [-0.25, -0.2) is 9.37 Å². The average molecular weight is 640 g/mol. The van der Waals surface area contributed by atoms with Crippen LogP contribution in [-0.2, 0) is 15.0 Å². The fourth-order valence-electron chi connectivity index (χ4n) is 9.09. The van der Waals surface area contributed by atoms with E-state index < -0.39 is 24.0 Å². The number of hydrogen-bond donors (Lipinski definition) is 0. The number of hydrogen-bond acceptors (Lipinski definition) is 4. The Morgan fingerprint density at radius 3 is 2.35 bits per heavy atom. The number of benzene rings is 2. The zero-order chi connectivity index (χ0) is 32.2. The summed E-state index contributed by atoms with van der Waals surface area (Å²) in [5, 5.41) is 0. The monoisotopic (exact) mass is 639 g/mol. The van der Waals surface area contributed by atoms with Crippen molar-refractivity contribution in [2.75, 3.05) is 26.2 Å². The summed E-state index contributed by atoms with van der Waals surface area (Å²) < 4.78 is 56.6. The van der Waals surface area contributed by atoms with Gasteiger partial charge in [0.05, 0.1) is 11.0 Å². The number of aryl methyl sites for hydroxylation is 1. The highest BCUT2D eigenvalue weighted by atomic mass is 19.4. The Bertz CT molecular complexity index is 1600. The van der Waals surface area contributed by atoms with E-state index >= 15 is 0 Å². The molecule has 11 heteroatoms. The van der Waals surface area contributed by atoms with E-state index in [0.717, 1.165) is 55.6 Å². The molecule has 246 valence electrons. The van der Waals surface area contributed by atoms with Crippen LogP contribution < -0.4 is 0 Å².